The van der Waals surface area contributed by atoms with Gasteiger partial charge in [-0.25, -0.2) is 9.97 Å². The summed E-state index contributed by atoms with van der Waals surface area (Å²) >= 11 is 14.1. The molecule has 44 heavy (non-hydrogen) atoms. The molecule has 6 rings (SSSR count). The molecule has 4 aromatic rings. The van der Waals surface area contributed by atoms with Crippen molar-refractivity contribution in [2.24, 2.45) is 0 Å². The number of amides is 1. The highest BCUT2D eigenvalue weighted by atomic mass is 35.5. The maximum absolute atomic E-state index is 11.5. The van der Waals surface area contributed by atoms with Crippen molar-refractivity contribution in [3.05, 3.63) is 81.2 Å². The lowest BCUT2D eigenvalue weighted by atomic mass is 10.00. The maximum Gasteiger partial charge on any atom is 0.222 e. The van der Waals surface area contributed by atoms with E-state index in [1.807, 2.05) is 48.5 Å². The molecule has 0 radical (unpaired) electrons. The Morgan fingerprint density at radius 2 is 1.70 bits per heavy atom. The third-order valence-corrected chi connectivity index (χ3v) is 8.67. The van der Waals surface area contributed by atoms with Gasteiger partial charge < -0.3 is 25.0 Å². The topological polar surface area (TPSA) is 119 Å². The summed E-state index contributed by atoms with van der Waals surface area (Å²) in [4.78, 5) is 38.2. The van der Waals surface area contributed by atoms with Gasteiger partial charge in [0.25, 0.3) is 0 Å². The van der Waals surface area contributed by atoms with Crippen molar-refractivity contribution in [3.8, 4) is 34.1 Å². The quantitative estimate of drug-likeness (QED) is 0.226. The summed E-state index contributed by atoms with van der Waals surface area (Å²) in [5.41, 5.74) is 6.19. The Bertz CT molecular complexity index is 1750. The van der Waals surface area contributed by atoms with E-state index in [1.54, 1.807) is 7.11 Å². The Labute approximate surface area is 264 Å². The number of pyridine rings is 1. The highest BCUT2D eigenvalue weighted by Crippen LogP contribution is 2.44. The fourth-order valence-electron chi connectivity index (χ4n) is 5.69. The first-order chi connectivity index (χ1) is 21.4. The van der Waals surface area contributed by atoms with Crippen LogP contribution in [0.5, 0.6) is 11.8 Å². The Morgan fingerprint density at radius 1 is 0.955 bits per heavy atom. The number of methoxy groups -OCH3 is 2. The lowest BCUT2D eigenvalue weighted by Crippen LogP contribution is -2.35. The first-order valence-electron chi connectivity index (χ1n) is 14.2. The molecule has 2 aromatic heterocycles. The molecule has 1 atom stereocenters. The number of aldehydes is 1. The monoisotopic (exact) mass is 632 g/mol. The molecule has 226 valence electrons. The molecule has 0 saturated carbocycles. The van der Waals surface area contributed by atoms with Crippen molar-refractivity contribution in [1.82, 2.24) is 25.6 Å². The average molecular weight is 634 g/mol. The summed E-state index contributed by atoms with van der Waals surface area (Å²) < 4.78 is 11.0. The van der Waals surface area contributed by atoms with E-state index in [4.69, 9.17) is 37.7 Å². The van der Waals surface area contributed by atoms with E-state index >= 15 is 0 Å². The lowest BCUT2D eigenvalue weighted by Gasteiger charge is -2.21. The first kappa shape index (κ1) is 29.8. The van der Waals surface area contributed by atoms with Crippen molar-refractivity contribution < 1.29 is 19.1 Å². The third-order valence-electron chi connectivity index (χ3n) is 7.87. The number of halogens is 2. The van der Waals surface area contributed by atoms with Crippen molar-refractivity contribution in [2.75, 3.05) is 25.7 Å². The second-order valence-electron chi connectivity index (χ2n) is 10.6. The summed E-state index contributed by atoms with van der Waals surface area (Å²) in [5, 5.41) is 7.39. The zero-order valence-corrected chi connectivity index (χ0v) is 25.7. The van der Waals surface area contributed by atoms with Gasteiger partial charge in [0.1, 0.15) is 0 Å². The molecule has 10 nitrogen and oxygen atoms in total. The summed E-state index contributed by atoms with van der Waals surface area (Å²) in [6.07, 6.45) is 2.02. The van der Waals surface area contributed by atoms with Gasteiger partial charge >= 0.3 is 0 Å². The molecule has 2 aliphatic heterocycles. The van der Waals surface area contributed by atoms with Crippen LogP contribution in [0, 0.1) is 0 Å². The van der Waals surface area contributed by atoms with Gasteiger partial charge in [-0.3, -0.25) is 9.59 Å². The normalized spacial score (nSPS) is 15.7. The van der Waals surface area contributed by atoms with E-state index in [1.165, 1.54) is 7.11 Å². The molecule has 1 fully saturated rings. The van der Waals surface area contributed by atoms with Crippen LogP contribution in [0.3, 0.4) is 0 Å². The second kappa shape index (κ2) is 12.8. The van der Waals surface area contributed by atoms with Crippen LogP contribution in [0.2, 0.25) is 10.0 Å². The number of rotatable bonds is 10. The predicted octanol–water partition coefficient (Wildman–Crippen LogP) is 5.23. The molecule has 0 unspecified atom stereocenters. The van der Waals surface area contributed by atoms with Crippen LogP contribution in [-0.2, 0) is 24.4 Å². The number of carbonyl (C=O) groups excluding carboxylic acids is 2. The molecule has 2 N–H and O–H groups in total. The number of hydrogen-bond donors (Lipinski definition) is 2. The molecular formula is C32H30Cl2N6O4. The lowest BCUT2D eigenvalue weighted by molar-refractivity contribution is -0.119. The summed E-state index contributed by atoms with van der Waals surface area (Å²) in [6, 6.07) is 15.6. The SMILES string of the molecule is COc1nc(-c2cccc(-c3cccc(N4Cc5nc(C=O)nc(OC)c5C4)c3Cl)c2Cl)ccc1CNC[C@@H]1CCC(=O)N1. The van der Waals surface area contributed by atoms with E-state index < -0.39 is 0 Å². The van der Waals surface area contributed by atoms with Crippen LogP contribution in [0.15, 0.2) is 48.5 Å². The average Bonchev–Trinajstić information content (AvgIpc) is 3.66. The van der Waals surface area contributed by atoms with E-state index in [9.17, 15) is 9.59 Å². The van der Waals surface area contributed by atoms with Gasteiger partial charge in [-0.15, -0.1) is 0 Å². The number of hydrogen-bond acceptors (Lipinski definition) is 9. The summed E-state index contributed by atoms with van der Waals surface area (Å²) in [5.74, 6) is 1.06. The Balaban J connectivity index is 1.25. The standard InChI is InChI=1S/C32H30Cl2N6O4/c1-43-31-18(13-35-14-19-10-12-28(42)36-19)9-11-24(38-31)22-7-3-5-20(29(22)33)21-6-4-8-26(30(21)34)40-15-23-25(16-40)37-27(17-41)39-32(23)44-2/h3-9,11,17,19,35H,10,12-16H2,1-2H3,(H,36,42)/t19-/m0/s1. The number of ether oxygens (including phenoxy) is 2. The van der Waals surface area contributed by atoms with Crippen LogP contribution >= 0.6 is 23.2 Å². The van der Waals surface area contributed by atoms with Gasteiger partial charge in [0.2, 0.25) is 17.7 Å². The molecule has 0 bridgehead atoms. The Hall–Kier alpha value is -4.25. The number of aromatic nitrogens is 3. The molecule has 12 heteroatoms. The Kier molecular flexibility index (Phi) is 8.65. The van der Waals surface area contributed by atoms with Crippen LogP contribution < -0.4 is 25.0 Å². The van der Waals surface area contributed by atoms with E-state index in [2.05, 4.69) is 25.5 Å². The highest BCUT2D eigenvalue weighted by Gasteiger charge is 2.28. The number of anilines is 1. The maximum atomic E-state index is 11.5. The second-order valence-corrected chi connectivity index (χ2v) is 11.4. The van der Waals surface area contributed by atoms with Crippen molar-refractivity contribution in [2.45, 2.75) is 38.5 Å². The zero-order chi connectivity index (χ0) is 30.8. The number of carbonyl (C=O) groups is 2. The fraction of sp³-hybridized carbons (Fsp3) is 0.281. The smallest absolute Gasteiger partial charge is 0.222 e. The van der Waals surface area contributed by atoms with Crippen molar-refractivity contribution >= 4 is 41.1 Å². The van der Waals surface area contributed by atoms with E-state index in [-0.39, 0.29) is 17.8 Å². The molecule has 1 saturated heterocycles. The van der Waals surface area contributed by atoms with Gasteiger partial charge in [-0.05, 0) is 18.6 Å². The number of nitrogens with one attached hydrogen (secondary N) is 2. The fourth-order valence-corrected chi connectivity index (χ4v) is 6.36. The van der Waals surface area contributed by atoms with Crippen molar-refractivity contribution in [1.29, 1.82) is 0 Å². The molecule has 4 heterocycles. The van der Waals surface area contributed by atoms with E-state index in [0.29, 0.717) is 66.4 Å². The molecule has 0 aliphatic carbocycles. The third kappa shape index (κ3) is 5.80. The van der Waals surface area contributed by atoms with Gasteiger partial charge in [0.05, 0.1) is 60.0 Å². The van der Waals surface area contributed by atoms with Crippen molar-refractivity contribution in [3.63, 3.8) is 0 Å². The molecule has 2 aromatic carbocycles. The van der Waals surface area contributed by atoms with Crippen LogP contribution in [0.1, 0.15) is 40.3 Å². The molecule has 2 aliphatic rings. The van der Waals surface area contributed by atoms with Gasteiger partial charge in [-0.2, -0.15) is 4.98 Å². The minimum atomic E-state index is 0.0829. The number of fused-ring (bicyclic) bond motifs is 1. The van der Waals surface area contributed by atoms with Gasteiger partial charge in [0.15, 0.2) is 12.1 Å². The summed E-state index contributed by atoms with van der Waals surface area (Å²) in [6.45, 7) is 2.16. The van der Waals surface area contributed by atoms with Gasteiger partial charge in [-0.1, -0.05) is 59.6 Å². The molecule has 1 amide bonds. The Morgan fingerprint density at radius 3 is 2.43 bits per heavy atom. The van der Waals surface area contributed by atoms with Crippen LogP contribution in [-0.4, -0.2) is 54.0 Å². The predicted molar refractivity (Wildman–Crippen MR) is 168 cm³/mol. The van der Waals surface area contributed by atoms with Crippen LogP contribution in [0.4, 0.5) is 5.69 Å². The largest absolute Gasteiger partial charge is 0.481 e. The number of benzene rings is 2. The van der Waals surface area contributed by atoms with Gasteiger partial charge in [0, 0.05) is 47.8 Å². The zero-order valence-electron chi connectivity index (χ0n) is 24.2. The minimum absolute atomic E-state index is 0.0829. The van der Waals surface area contributed by atoms with E-state index in [0.717, 1.165) is 45.6 Å². The first-order valence-corrected chi connectivity index (χ1v) is 14.9. The molecule has 0 spiro atoms. The van der Waals surface area contributed by atoms with Crippen LogP contribution in [0.25, 0.3) is 22.4 Å². The minimum Gasteiger partial charge on any atom is -0.481 e. The molecular weight excluding hydrogens is 603 g/mol. The number of nitrogens with zero attached hydrogens (tertiary/aromatic N) is 4. The highest BCUT2D eigenvalue weighted by molar-refractivity contribution is 6.39. The summed E-state index contributed by atoms with van der Waals surface area (Å²) in [7, 11) is 3.12.